The highest BCUT2D eigenvalue weighted by molar-refractivity contribution is 4.62. The van der Waals surface area contributed by atoms with Gasteiger partial charge in [0.05, 0.1) is 0 Å². The van der Waals surface area contributed by atoms with Crippen LogP contribution in [0.3, 0.4) is 0 Å². The maximum Gasteiger partial charge on any atom is -0.0383 e. The molecule has 0 spiro atoms. The summed E-state index contributed by atoms with van der Waals surface area (Å²) in [7, 11) is 0. The predicted octanol–water partition coefficient (Wildman–Crippen LogP) is 5.03. The van der Waals surface area contributed by atoms with E-state index in [0.29, 0.717) is 5.41 Å². The lowest BCUT2D eigenvalue weighted by Gasteiger charge is -2.19. The Morgan fingerprint density at radius 3 is 2.00 bits per heavy atom. The van der Waals surface area contributed by atoms with E-state index in [9.17, 15) is 0 Å². The van der Waals surface area contributed by atoms with Crippen LogP contribution in [-0.2, 0) is 0 Å². The molecule has 0 amide bonds. The molecule has 0 aromatic carbocycles. The number of unbranched alkanes of at least 4 members (excludes halogenated alkanes) is 1. The van der Waals surface area contributed by atoms with Crippen molar-refractivity contribution in [2.24, 2.45) is 11.3 Å². The summed E-state index contributed by atoms with van der Waals surface area (Å²) in [6.07, 6.45) is 8.41. The fourth-order valence-corrected chi connectivity index (χ4v) is 1.68. The minimum absolute atomic E-state index is 0.532. The van der Waals surface area contributed by atoms with E-state index < -0.39 is 0 Å². The second-order valence-electron chi connectivity index (χ2n) is 5.70. The summed E-state index contributed by atoms with van der Waals surface area (Å²) in [6.45, 7) is 11.7. The van der Waals surface area contributed by atoms with Crippen LogP contribution >= 0.6 is 0 Å². The second-order valence-corrected chi connectivity index (χ2v) is 5.70. The molecule has 80 valence electrons. The molecule has 0 saturated carbocycles. The quantitative estimate of drug-likeness (QED) is 0.543. The zero-order valence-electron chi connectivity index (χ0n) is 10.3. The minimum Gasteiger partial charge on any atom is -0.0654 e. The fraction of sp³-hybridized carbons (Fsp3) is 1.00. The molecule has 0 aromatic rings. The van der Waals surface area contributed by atoms with E-state index in [0.717, 1.165) is 5.92 Å². The van der Waals surface area contributed by atoms with E-state index in [4.69, 9.17) is 0 Å². The van der Waals surface area contributed by atoms with Crippen LogP contribution in [0.25, 0.3) is 0 Å². The molecule has 0 aliphatic heterocycles. The lowest BCUT2D eigenvalue weighted by atomic mass is 9.87. The first kappa shape index (κ1) is 13.0. The molecule has 0 aliphatic rings. The second kappa shape index (κ2) is 6.45. The Morgan fingerprint density at radius 1 is 1.00 bits per heavy atom. The molecule has 0 bridgehead atoms. The molecule has 0 unspecified atom stereocenters. The SMILES string of the molecule is CCCC[C@@H](C)CCCC(C)(C)C. The lowest BCUT2D eigenvalue weighted by molar-refractivity contribution is 0.336. The average Bonchev–Trinajstić information content (AvgIpc) is 1.98. The third kappa shape index (κ3) is 9.92. The molecule has 13 heavy (non-hydrogen) atoms. The monoisotopic (exact) mass is 184 g/mol. The Labute approximate surface area is 85.1 Å². The Balaban J connectivity index is 3.31. The van der Waals surface area contributed by atoms with Crippen molar-refractivity contribution in [3.8, 4) is 0 Å². The Kier molecular flexibility index (Phi) is 6.45. The van der Waals surface area contributed by atoms with Crippen LogP contribution in [0.1, 0.15) is 73.1 Å². The maximum atomic E-state index is 2.40. The van der Waals surface area contributed by atoms with Gasteiger partial charge in [0, 0.05) is 0 Å². The van der Waals surface area contributed by atoms with Crippen LogP contribution in [-0.4, -0.2) is 0 Å². The summed E-state index contributed by atoms with van der Waals surface area (Å²) in [5, 5.41) is 0. The van der Waals surface area contributed by atoms with Crippen molar-refractivity contribution in [1.82, 2.24) is 0 Å². The normalized spacial score (nSPS) is 14.5. The van der Waals surface area contributed by atoms with E-state index in [1.807, 2.05) is 0 Å². The molecule has 0 heteroatoms. The molecule has 0 radical (unpaired) electrons. The molecule has 0 rings (SSSR count). The largest absolute Gasteiger partial charge is 0.0654 e. The van der Waals surface area contributed by atoms with Crippen molar-refractivity contribution in [2.75, 3.05) is 0 Å². The first-order valence-electron chi connectivity index (χ1n) is 5.95. The van der Waals surface area contributed by atoms with E-state index >= 15 is 0 Å². The fourth-order valence-electron chi connectivity index (χ4n) is 1.68. The van der Waals surface area contributed by atoms with Gasteiger partial charge in [0.2, 0.25) is 0 Å². The lowest BCUT2D eigenvalue weighted by Crippen LogP contribution is -2.05. The van der Waals surface area contributed by atoms with Gasteiger partial charge in [-0.1, -0.05) is 66.7 Å². The molecule has 0 aromatic heterocycles. The summed E-state index contributed by atoms with van der Waals surface area (Å²) in [4.78, 5) is 0. The summed E-state index contributed by atoms with van der Waals surface area (Å²) in [6, 6.07) is 0. The van der Waals surface area contributed by atoms with Crippen molar-refractivity contribution < 1.29 is 0 Å². The van der Waals surface area contributed by atoms with Crippen molar-refractivity contribution in [2.45, 2.75) is 73.1 Å². The summed E-state index contributed by atoms with van der Waals surface area (Å²) in [5.74, 6) is 0.947. The molecular formula is C13H28. The van der Waals surface area contributed by atoms with Gasteiger partial charge in [0.15, 0.2) is 0 Å². The van der Waals surface area contributed by atoms with E-state index in [1.165, 1.54) is 38.5 Å². The van der Waals surface area contributed by atoms with Crippen molar-refractivity contribution >= 4 is 0 Å². The zero-order chi connectivity index (χ0) is 10.3. The van der Waals surface area contributed by atoms with Gasteiger partial charge >= 0.3 is 0 Å². The third-order valence-corrected chi connectivity index (χ3v) is 2.67. The average molecular weight is 184 g/mol. The zero-order valence-corrected chi connectivity index (χ0v) is 10.3. The van der Waals surface area contributed by atoms with E-state index in [1.54, 1.807) is 0 Å². The molecule has 0 saturated heterocycles. The van der Waals surface area contributed by atoms with Gasteiger partial charge in [-0.3, -0.25) is 0 Å². The first-order chi connectivity index (χ1) is 5.95. The first-order valence-corrected chi connectivity index (χ1v) is 5.95. The van der Waals surface area contributed by atoms with Crippen LogP contribution in [0.2, 0.25) is 0 Å². The molecular weight excluding hydrogens is 156 g/mol. The Bertz CT molecular complexity index is 108. The number of hydrogen-bond acceptors (Lipinski definition) is 0. The molecule has 0 fully saturated rings. The van der Waals surface area contributed by atoms with Crippen LogP contribution in [0, 0.1) is 11.3 Å². The molecule has 0 N–H and O–H groups in total. The van der Waals surface area contributed by atoms with Crippen LogP contribution < -0.4 is 0 Å². The van der Waals surface area contributed by atoms with Gasteiger partial charge in [0.1, 0.15) is 0 Å². The van der Waals surface area contributed by atoms with Gasteiger partial charge < -0.3 is 0 Å². The highest BCUT2D eigenvalue weighted by Crippen LogP contribution is 2.24. The van der Waals surface area contributed by atoms with E-state index in [-0.39, 0.29) is 0 Å². The van der Waals surface area contributed by atoms with E-state index in [2.05, 4.69) is 34.6 Å². The topological polar surface area (TPSA) is 0 Å². The molecule has 0 heterocycles. The van der Waals surface area contributed by atoms with Crippen molar-refractivity contribution in [1.29, 1.82) is 0 Å². The van der Waals surface area contributed by atoms with Gasteiger partial charge in [-0.25, -0.2) is 0 Å². The Hall–Kier alpha value is 0. The van der Waals surface area contributed by atoms with Crippen molar-refractivity contribution in [3.63, 3.8) is 0 Å². The summed E-state index contributed by atoms with van der Waals surface area (Å²) in [5.41, 5.74) is 0.532. The smallest absolute Gasteiger partial charge is 0.0383 e. The van der Waals surface area contributed by atoms with Crippen LogP contribution in [0.4, 0.5) is 0 Å². The number of rotatable bonds is 6. The molecule has 1 atom stereocenters. The predicted molar refractivity (Wildman–Crippen MR) is 62.0 cm³/mol. The minimum atomic E-state index is 0.532. The third-order valence-electron chi connectivity index (χ3n) is 2.67. The standard InChI is InChI=1S/C13H28/c1-6-7-9-12(2)10-8-11-13(3,4)5/h12H,6-11H2,1-5H3/t12-/m1/s1. The van der Waals surface area contributed by atoms with Gasteiger partial charge in [-0.05, 0) is 17.8 Å². The number of hydrogen-bond donors (Lipinski definition) is 0. The van der Waals surface area contributed by atoms with Gasteiger partial charge in [0.25, 0.3) is 0 Å². The van der Waals surface area contributed by atoms with Gasteiger partial charge in [-0.2, -0.15) is 0 Å². The summed E-state index contributed by atoms with van der Waals surface area (Å²) < 4.78 is 0. The Morgan fingerprint density at radius 2 is 1.54 bits per heavy atom. The van der Waals surface area contributed by atoms with Crippen molar-refractivity contribution in [3.05, 3.63) is 0 Å². The highest BCUT2D eigenvalue weighted by Gasteiger charge is 2.10. The molecule has 0 aliphatic carbocycles. The summed E-state index contributed by atoms with van der Waals surface area (Å²) >= 11 is 0. The highest BCUT2D eigenvalue weighted by atomic mass is 14.2. The van der Waals surface area contributed by atoms with Crippen LogP contribution in [0.15, 0.2) is 0 Å². The van der Waals surface area contributed by atoms with Gasteiger partial charge in [-0.15, -0.1) is 0 Å². The van der Waals surface area contributed by atoms with Crippen LogP contribution in [0.5, 0.6) is 0 Å². The molecule has 0 nitrogen and oxygen atoms in total. The maximum absolute atomic E-state index is 2.40.